The number of carbonyl (C=O) groups excluding carboxylic acids is 3. The van der Waals surface area contributed by atoms with Crippen LogP contribution in [0.4, 0.5) is 4.79 Å². The van der Waals surface area contributed by atoms with Crippen molar-refractivity contribution in [1.29, 1.82) is 0 Å². The van der Waals surface area contributed by atoms with Gasteiger partial charge in [0.25, 0.3) is 11.5 Å². The average molecular weight is 485 g/mol. The summed E-state index contributed by atoms with van der Waals surface area (Å²) >= 11 is 0. The third-order valence-corrected chi connectivity index (χ3v) is 5.48. The first-order valence-electron chi connectivity index (χ1n) is 11.2. The third-order valence-electron chi connectivity index (χ3n) is 5.48. The van der Waals surface area contributed by atoms with Crippen molar-refractivity contribution in [3.63, 3.8) is 0 Å². The predicted molar refractivity (Wildman–Crippen MR) is 134 cm³/mol. The first-order valence-corrected chi connectivity index (χ1v) is 11.2. The predicted octanol–water partition coefficient (Wildman–Crippen LogP) is 2.01. The molecular formula is C26H24N6O4. The Bertz CT molecular complexity index is 1450. The van der Waals surface area contributed by atoms with Crippen LogP contribution in [0.5, 0.6) is 0 Å². The molecule has 36 heavy (non-hydrogen) atoms. The fourth-order valence-corrected chi connectivity index (χ4v) is 3.80. The van der Waals surface area contributed by atoms with Crippen LogP contribution in [0.3, 0.4) is 0 Å². The number of fused-ring (bicyclic) bond motifs is 1. The van der Waals surface area contributed by atoms with Gasteiger partial charge in [0.15, 0.2) is 5.69 Å². The van der Waals surface area contributed by atoms with Crippen LogP contribution < -0.4 is 27.5 Å². The molecule has 0 aliphatic heterocycles. The van der Waals surface area contributed by atoms with Crippen LogP contribution in [-0.4, -0.2) is 27.6 Å². The summed E-state index contributed by atoms with van der Waals surface area (Å²) in [5, 5.41) is 7.50. The van der Waals surface area contributed by atoms with Crippen molar-refractivity contribution >= 4 is 28.6 Å². The van der Waals surface area contributed by atoms with Crippen molar-refractivity contribution in [2.75, 3.05) is 0 Å². The van der Waals surface area contributed by atoms with Gasteiger partial charge < -0.3 is 11.1 Å². The normalized spacial score (nSPS) is 11.4. The minimum Gasteiger partial charge on any atom is -0.352 e. The Kier molecular flexibility index (Phi) is 7.35. The van der Waals surface area contributed by atoms with E-state index in [1.54, 1.807) is 54.6 Å². The SMILES string of the molecule is NC(=O)NC(CC(=O)NNC(=O)c1nn(Cc2ccccc2)c(=O)c2ccccc12)c1ccccc1. The number of nitrogens with zero attached hydrogens (tertiary/aromatic N) is 2. The second-order valence-corrected chi connectivity index (χ2v) is 8.02. The van der Waals surface area contributed by atoms with Crippen LogP contribution >= 0.6 is 0 Å². The van der Waals surface area contributed by atoms with Crippen molar-refractivity contribution < 1.29 is 14.4 Å². The van der Waals surface area contributed by atoms with Crippen LogP contribution in [-0.2, 0) is 11.3 Å². The maximum Gasteiger partial charge on any atom is 0.312 e. The number of hydrazine groups is 1. The van der Waals surface area contributed by atoms with Crippen LogP contribution in [0.15, 0.2) is 89.7 Å². The van der Waals surface area contributed by atoms with E-state index in [2.05, 4.69) is 21.3 Å². The van der Waals surface area contributed by atoms with Gasteiger partial charge >= 0.3 is 6.03 Å². The smallest absolute Gasteiger partial charge is 0.312 e. The highest BCUT2D eigenvalue weighted by atomic mass is 16.2. The highest BCUT2D eigenvalue weighted by Crippen LogP contribution is 2.16. The van der Waals surface area contributed by atoms with Crippen molar-refractivity contribution in [3.8, 4) is 0 Å². The van der Waals surface area contributed by atoms with Gasteiger partial charge in [-0.3, -0.25) is 25.2 Å². The summed E-state index contributed by atoms with van der Waals surface area (Å²) in [4.78, 5) is 50.0. The number of carbonyl (C=O) groups is 3. The highest BCUT2D eigenvalue weighted by Gasteiger charge is 2.20. The lowest BCUT2D eigenvalue weighted by molar-refractivity contribution is -0.122. The molecular weight excluding hydrogens is 460 g/mol. The number of urea groups is 1. The zero-order valence-corrected chi connectivity index (χ0v) is 19.2. The number of hydrogen-bond acceptors (Lipinski definition) is 5. The van der Waals surface area contributed by atoms with Gasteiger partial charge in [-0.1, -0.05) is 78.9 Å². The fourth-order valence-electron chi connectivity index (χ4n) is 3.80. The molecule has 4 amide bonds. The van der Waals surface area contributed by atoms with Gasteiger partial charge in [0.1, 0.15) is 0 Å². The fraction of sp³-hybridized carbons (Fsp3) is 0.115. The molecule has 0 spiro atoms. The minimum atomic E-state index is -0.781. The number of benzene rings is 3. The van der Waals surface area contributed by atoms with E-state index in [1.165, 1.54) is 4.68 Å². The summed E-state index contributed by atoms with van der Waals surface area (Å²) < 4.78 is 1.22. The molecule has 10 nitrogen and oxygen atoms in total. The van der Waals surface area contributed by atoms with E-state index in [1.807, 2.05) is 30.3 Å². The Hall–Kier alpha value is -4.99. The molecule has 4 aromatic rings. The van der Waals surface area contributed by atoms with Gasteiger partial charge in [0, 0.05) is 5.39 Å². The van der Waals surface area contributed by atoms with E-state index < -0.39 is 23.9 Å². The van der Waals surface area contributed by atoms with Crippen LogP contribution in [0, 0.1) is 0 Å². The Labute approximate surface area is 206 Å². The molecule has 1 heterocycles. The van der Waals surface area contributed by atoms with E-state index in [4.69, 9.17) is 5.73 Å². The number of nitrogens with two attached hydrogens (primary N) is 1. The van der Waals surface area contributed by atoms with E-state index >= 15 is 0 Å². The lowest BCUT2D eigenvalue weighted by atomic mass is 10.0. The summed E-state index contributed by atoms with van der Waals surface area (Å²) in [7, 11) is 0. The Morgan fingerprint density at radius 3 is 2.11 bits per heavy atom. The number of rotatable bonds is 7. The summed E-state index contributed by atoms with van der Waals surface area (Å²) in [6, 6.07) is 23.3. The Balaban J connectivity index is 1.53. The number of amides is 4. The molecule has 1 atom stereocenters. The zero-order valence-electron chi connectivity index (χ0n) is 19.2. The molecule has 0 fully saturated rings. The van der Waals surface area contributed by atoms with Gasteiger partial charge in [-0.05, 0) is 17.2 Å². The van der Waals surface area contributed by atoms with E-state index in [0.29, 0.717) is 16.3 Å². The van der Waals surface area contributed by atoms with Gasteiger partial charge in [-0.15, -0.1) is 0 Å². The lowest BCUT2D eigenvalue weighted by Gasteiger charge is -2.18. The molecule has 0 aliphatic carbocycles. The van der Waals surface area contributed by atoms with Gasteiger partial charge in [0.2, 0.25) is 5.91 Å². The number of aromatic nitrogens is 2. The molecule has 0 saturated heterocycles. The van der Waals surface area contributed by atoms with E-state index in [0.717, 1.165) is 5.56 Å². The van der Waals surface area contributed by atoms with Crippen LogP contribution in [0.1, 0.15) is 34.1 Å². The van der Waals surface area contributed by atoms with Gasteiger partial charge in [0.05, 0.1) is 24.4 Å². The number of primary amides is 1. The minimum absolute atomic E-state index is 0.0173. The molecule has 3 aromatic carbocycles. The number of nitrogens with one attached hydrogen (secondary N) is 3. The number of hydrogen-bond donors (Lipinski definition) is 4. The molecule has 4 rings (SSSR count). The van der Waals surface area contributed by atoms with Crippen LogP contribution in [0.2, 0.25) is 0 Å². The molecule has 5 N–H and O–H groups in total. The second-order valence-electron chi connectivity index (χ2n) is 8.02. The molecule has 0 saturated carbocycles. The third kappa shape index (κ3) is 5.73. The van der Waals surface area contributed by atoms with Crippen molar-refractivity contribution in [2.24, 2.45) is 5.73 Å². The van der Waals surface area contributed by atoms with E-state index in [9.17, 15) is 19.2 Å². The Morgan fingerprint density at radius 1 is 0.833 bits per heavy atom. The molecule has 1 unspecified atom stereocenters. The van der Waals surface area contributed by atoms with Gasteiger partial charge in [-0.2, -0.15) is 5.10 Å². The standard InChI is InChI=1S/C26H24N6O4/c27-26(36)28-21(18-11-5-2-6-12-18)15-22(33)29-30-24(34)23-19-13-7-8-14-20(19)25(35)32(31-23)16-17-9-3-1-4-10-17/h1-14,21H,15-16H2,(H,29,33)(H,30,34)(H3,27,28,36). The molecule has 0 aliphatic rings. The topological polar surface area (TPSA) is 148 Å². The zero-order chi connectivity index (χ0) is 25.5. The highest BCUT2D eigenvalue weighted by molar-refractivity contribution is 6.05. The lowest BCUT2D eigenvalue weighted by Crippen LogP contribution is -2.44. The average Bonchev–Trinajstić information content (AvgIpc) is 2.89. The first kappa shape index (κ1) is 24.1. The largest absolute Gasteiger partial charge is 0.352 e. The summed E-state index contributed by atoms with van der Waals surface area (Å²) in [6.07, 6.45) is -0.172. The van der Waals surface area contributed by atoms with Crippen molar-refractivity contribution in [3.05, 3.63) is 112 Å². The molecule has 0 bridgehead atoms. The monoisotopic (exact) mass is 484 g/mol. The van der Waals surface area contributed by atoms with Crippen LogP contribution in [0.25, 0.3) is 10.8 Å². The van der Waals surface area contributed by atoms with Crippen molar-refractivity contribution in [2.45, 2.75) is 19.0 Å². The summed E-state index contributed by atoms with van der Waals surface area (Å²) in [5.41, 5.74) is 11.1. The maximum absolute atomic E-state index is 13.0. The molecule has 0 radical (unpaired) electrons. The van der Waals surface area contributed by atoms with Crippen molar-refractivity contribution in [1.82, 2.24) is 25.9 Å². The molecule has 10 heteroatoms. The quantitative estimate of drug-likeness (QED) is 0.296. The molecule has 1 aromatic heterocycles. The Morgan fingerprint density at radius 2 is 1.44 bits per heavy atom. The van der Waals surface area contributed by atoms with E-state index in [-0.39, 0.29) is 24.2 Å². The first-order chi connectivity index (χ1) is 17.4. The van der Waals surface area contributed by atoms with Gasteiger partial charge in [-0.25, -0.2) is 9.48 Å². The maximum atomic E-state index is 13.0. The second kappa shape index (κ2) is 11.0. The molecule has 182 valence electrons. The summed E-state index contributed by atoms with van der Waals surface area (Å²) in [6.45, 7) is 0.175. The summed E-state index contributed by atoms with van der Waals surface area (Å²) in [5.74, 6) is -1.26.